The number of hydrogen-bond donors (Lipinski definition) is 3. The molecule has 0 saturated heterocycles. The first-order valence-electron chi connectivity index (χ1n) is 6.46. The molecule has 0 aliphatic rings. The number of aliphatic carboxylic acids is 1. The molecule has 0 aromatic heterocycles. The summed E-state index contributed by atoms with van der Waals surface area (Å²) in [5.41, 5.74) is 7.71. The quantitative estimate of drug-likeness (QED) is 0.584. The van der Waals surface area contributed by atoms with Crippen LogP contribution in [0.5, 0.6) is 0 Å². The minimum Gasteiger partial charge on any atom is -0.480 e. The van der Waals surface area contributed by atoms with Crippen LogP contribution in [0.3, 0.4) is 0 Å². The maximum Gasteiger partial charge on any atom is 0.324 e. The average Bonchev–Trinajstić information content (AvgIpc) is 2.47. The second kappa shape index (κ2) is 6.42. The van der Waals surface area contributed by atoms with Crippen LogP contribution in [-0.4, -0.2) is 16.2 Å². The molecule has 0 saturated carbocycles. The van der Waals surface area contributed by atoms with Gasteiger partial charge in [-0.1, -0.05) is 65.8 Å². The Bertz CT molecular complexity index is 718. The molecule has 2 rings (SSSR count). The van der Waals surface area contributed by atoms with Crippen molar-refractivity contribution in [1.29, 1.82) is 5.41 Å². The van der Waals surface area contributed by atoms with Crippen LogP contribution < -0.4 is 5.73 Å². The number of amidine groups is 1. The van der Waals surface area contributed by atoms with Crippen molar-refractivity contribution in [2.75, 3.05) is 0 Å². The predicted molar refractivity (Wildman–Crippen MR) is 91.4 cm³/mol. The van der Waals surface area contributed by atoms with Crippen LogP contribution in [0.2, 0.25) is 5.02 Å². The first kappa shape index (κ1) is 16.4. The molecule has 114 valence electrons. The van der Waals surface area contributed by atoms with Gasteiger partial charge in [-0.25, -0.2) is 0 Å². The van der Waals surface area contributed by atoms with Gasteiger partial charge in [0.15, 0.2) is 5.17 Å². The second-order valence-corrected chi connectivity index (χ2v) is 6.73. The smallest absolute Gasteiger partial charge is 0.324 e. The van der Waals surface area contributed by atoms with E-state index in [2.05, 4.69) is 0 Å². The van der Waals surface area contributed by atoms with E-state index in [1.807, 2.05) is 30.3 Å². The largest absolute Gasteiger partial charge is 0.480 e. The van der Waals surface area contributed by atoms with E-state index in [-0.39, 0.29) is 5.17 Å². The molecule has 6 heteroatoms. The third kappa shape index (κ3) is 3.26. The molecule has 2 aromatic rings. The van der Waals surface area contributed by atoms with E-state index < -0.39 is 10.7 Å². The zero-order valence-corrected chi connectivity index (χ0v) is 13.4. The highest BCUT2D eigenvalue weighted by atomic mass is 35.5. The zero-order chi connectivity index (χ0) is 16.3. The van der Waals surface area contributed by atoms with Crippen molar-refractivity contribution in [1.82, 2.24) is 0 Å². The summed E-state index contributed by atoms with van der Waals surface area (Å²) in [5.74, 6) is -1.04. The van der Waals surface area contributed by atoms with Gasteiger partial charge in [0.25, 0.3) is 0 Å². The maximum absolute atomic E-state index is 11.6. The number of carbonyl (C=O) groups is 1. The molecule has 4 nitrogen and oxygen atoms in total. The lowest BCUT2D eigenvalue weighted by Crippen LogP contribution is -2.31. The number of hydrogen-bond acceptors (Lipinski definition) is 3. The Morgan fingerprint density at radius 3 is 2.32 bits per heavy atom. The van der Waals surface area contributed by atoms with Crippen LogP contribution in [0.25, 0.3) is 11.1 Å². The summed E-state index contributed by atoms with van der Waals surface area (Å²) in [6.45, 7) is 1.53. The van der Waals surface area contributed by atoms with Gasteiger partial charge in [0.2, 0.25) is 0 Å². The summed E-state index contributed by atoms with van der Waals surface area (Å²) < 4.78 is -1.30. The lowest BCUT2D eigenvalue weighted by atomic mass is 9.97. The lowest BCUT2D eigenvalue weighted by Gasteiger charge is -2.24. The van der Waals surface area contributed by atoms with E-state index in [9.17, 15) is 9.90 Å². The summed E-state index contributed by atoms with van der Waals surface area (Å²) >= 11 is 6.97. The van der Waals surface area contributed by atoms with Gasteiger partial charge in [-0.05, 0) is 24.1 Å². The molecule has 0 aliphatic carbocycles. The first-order valence-corrected chi connectivity index (χ1v) is 7.66. The van der Waals surface area contributed by atoms with Gasteiger partial charge in [0, 0.05) is 10.6 Å². The molecule has 0 fully saturated rings. The second-order valence-electron chi connectivity index (χ2n) is 4.86. The van der Waals surface area contributed by atoms with Gasteiger partial charge in [0.1, 0.15) is 4.75 Å². The number of halogens is 1. The van der Waals surface area contributed by atoms with Crippen LogP contribution in [0, 0.1) is 5.41 Å². The minimum absolute atomic E-state index is 0.236. The SMILES string of the molecule is CC(SC(=N)N)(C(=O)O)c1ccc(-c2ccccc2Cl)cc1. The minimum atomic E-state index is -1.30. The van der Waals surface area contributed by atoms with E-state index in [0.29, 0.717) is 10.6 Å². The topological polar surface area (TPSA) is 87.2 Å². The van der Waals surface area contributed by atoms with Crippen LogP contribution >= 0.6 is 23.4 Å². The molecule has 0 bridgehead atoms. The molecular formula is C16H15ClN2O2S. The summed E-state index contributed by atoms with van der Waals surface area (Å²) in [6.07, 6.45) is 0. The average molecular weight is 335 g/mol. The molecule has 0 aliphatic heterocycles. The number of thioether (sulfide) groups is 1. The van der Waals surface area contributed by atoms with Crippen molar-refractivity contribution in [3.8, 4) is 11.1 Å². The van der Waals surface area contributed by atoms with Gasteiger partial charge >= 0.3 is 5.97 Å². The molecule has 1 atom stereocenters. The Labute approximate surface area is 137 Å². The number of benzene rings is 2. The number of nitrogens with one attached hydrogen (secondary N) is 1. The van der Waals surface area contributed by atoms with E-state index in [0.717, 1.165) is 22.9 Å². The molecule has 0 heterocycles. The van der Waals surface area contributed by atoms with Crippen molar-refractivity contribution < 1.29 is 9.90 Å². The van der Waals surface area contributed by atoms with Crippen LogP contribution in [-0.2, 0) is 9.54 Å². The highest BCUT2D eigenvalue weighted by molar-refractivity contribution is 8.15. The molecule has 1 unspecified atom stereocenters. The Kier molecular flexibility index (Phi) is 4.78. The normalized spacial score (nSPS) is 13.4. The highest BCUT2D eigenvalue weighted by Gasteiger charge is 2.37. The first-order chi connectivity index (χ1) is 10.3. The summed E-state index contributed by atoms with van der Waals surface area (Å²) in [6, 6.07) is 14.5. The van der Waals surface area contributed by atoms with Crippen molar-refractivity contribution in [2.45, 2.75) is 11.7 Å². The Morgan fingerprint density at radius 1 is 1.23 bits per heavy atom. The zero-order valence-electron chi connectivity index (χ0n) is 11.8. The Hall–Kier alpha value is -1.98. The number of carboxylic acid groups (broad SMARTS) is 1. The van der Waals surface area contributed by atoms with E-state index in [1.165, 1.54) is 6.92 Å². The highest BCUT2D eigenvalue weighted by Crippen LogP contribution is 2.37. The molecule has 4 N–H and O–H groups in total. The molecule has 0 amide bonds. The van der Waals surface area contributed by atoms with E-state index >= 15 is 0 Å². The van der Waals surface area contributed by atoms with Crippen LogP contribution in [0.15, 0.2) is 48.5 Å². The van der Waals surface area contributed by atoms with Gasteiger partial charge in [-0.3, -0.25) is 10.2 Å². The van der Waals surface area contributed by atoms with Crippen molar-refractivity contribution in [3.63, 3.8) is 0 Å². The van der Waals surface area contributed by atoms with Crippen molar-refractivity contribution in [2.24, 2.45) is 5.73 Å². The monoisotopic (exact) mass is 334 g/mol. The molecule has 0 spiro atoms. The molecule has 22 heavy (non-hydrogen) atoms. The van der Waals surface area contributed by atoms with Crippen LogP contribution in [0.4, 0.5) is 0 Å². The fraction of sp³-hybridized carbons (Fsp3) is 0.125. The van der Waals surface area contributed by atoms with Crippen molar-refractivity contribution >= 4 is 34.5 Å². The van der Waals surface area contributed by atoms with E-state index in [1.54, 1.807) is 18.2 Å². The summed E-state index contributed by atoms with van der Waals surface area (Å²) in [5, 5.41) is 17.2. The number of carboxylic acids is 1. The third-order valence-corrected chi connectivity index (χ3v) is 4.71. The fourth-order valence-electron chi connectivity index (χ4n) is 2.11. The molecular weight excluding hydrogens is 320 g/mol. The van der Waals surface area contributed by atoms with Crippen molar-refractivity contribution in [3.05, 3.63) is 59.1 Å². The Morgan fingerprint density at radius 2 is 1.82 bits per heavy atom. The molecule has 0 radical (unpaired) electrons. The standard InChI is InChI=1S/C16H15ClN2O2S/c1-16(14(20)21,22-15(18)19)11-8-6-10(7-9-11)12-4-2-3-5-13(12)17/h2-9H,1H3,(H3,18,19)(H,20,21). The lowest BCUT2D eigenvalue weighted by molar-refractivity contribution is -0.139. The maximum atomic E-state index is 11.6. The molecule has 2 aromatic carbocycles. The summed E-state index contributed by atoms with van der Waals surface area (Å²) in [7, 11) is 0. The van der Waals surface area contributed by atoms with Gasteiger partial charge in [0.05, 0.1) is 0 Å². The van der Waals surface area contributed by atoms with Gasteiger partial charge in [-0.15, -0.1) is 0 Å². The number of nitrogens with two attached hydrogens (primary N) is 1. The Balaban J connectivity index is 2.41. The summed E-state index contributed by atoms with van der Waals surface area (Å²) in [4.78, 5) is 11.6. The predicted octanol–water partition coefficient (Wildman–Crippen LogP) is 3.93. The third-order valence-electron chi connectivity index (χ3n) is 3.34. The number of rotatable bonds is 4. The van der Waals surface area contributed by atoms with Gasteiger partial charge < -0.3 is 10.8 Å². The van der Waals surface area contributed by atoms with Crippen LogP contribution in [0.1, 0.15) is 12.5 Å². The fourth-order valence-corrected chi connectivity index (χ4v) is 3.14. The van der Waals surface area contributed by atoms with E-state index in [4.69, 9.17) is 22.7 Å². The van der Waals surface area contributed by atoms with Gasteiger partial charge in [-0.2, -0.15) is 0 Å².